The zero-order chi connectivity index (χ0) is 22.3. The van der Waals surface area contributed by atoms with Crippen LogP contribution >= 0.6 is 0 Å². The number of benzene rings is 3. The van der Waals surface area contributed by atoms with Crippen molar-refractivity contribution in [3.8, 4) is 11.4 Å². The van der Waals surface area contributed by atoms with Gasteiger partial charge in [0.25, 0.3) is 5.91 Å². The van der Waals surface area contributed by atoms with Crippen molar-refractivity contribution in [3.05, 3.63) is 108 Å². The number of amides is 2. The first-order chi connectivity index (χ1) is 15.6. The molecule has 2 amide bonds. The van der Waals surface area contributed by atoms with Crippen molar-refractivity contribution in [1.82, 2.24) is 4.57 Å². The molecule has 6 heteroatoms. The number of nitrogens with one attached hydrogen (secondary N) is 2. The lowest BCUT2D eigenvalue weighted by Crippen LogP contribution is -2.15. The molecule has 0 saturated heterocycles. The normalized spacial score (nSPS) is 10.4. The third kappa shape index (κ3) is 5.05. The summed E-state index contributed by atoms with van der Waals surface area (Å²) >= 11 is 0. The highest BCUT2D eigenvalue weighted by Crippen LogP contribution is 2.24. The minimum atomic E-state index is -0.254. The summed E-state index contributed by atoms with van der Waals surface area (Å²) in [7, 11) is 1.55. The van der Waals surface area contributed by atoms with Crippen LogP contribution in [0.2, 0.25) is 0 Å². The van der Waals surface area contributed by atoms with Gasteiger partial charge in [-0.2, -0.15) is 0 Å². The highest BCUT2D eigenvalue weighted by Gasteiger charge is 2.10. The van der Waals surface area contributed by atoms with E-state index in [4.69, 9.17) is 4.74 Å². The van der Waals surface area contributed by atoms with Gasteiger partial charge in [-0.1, -0.05) is 24.3 Å². The zero-order valence-electron chi connectivity index (χ0n) is 17.6. The van der Waals surface area contributed by atoms with E-state index in [1.165, 1.54) is 0 Å². The average molecular weight is 425 g/mol. The van der Waals surface area contributed by atoms with E-state index in [0.717, 1.165) is 11.3 Å². The smallest absolute Gasteiger partial charge is 0.255 e. The van der Waals surface area contributed by atoms with Gasteiger partial charge in [0, 0.05) is 29.3 Å². The summed E-state index contributed by atoms with van der Waals surface area (Å²) in [5.41, 5.74) is 3.68. The highest BCUT2D eigenvalue weighted by molar-refractivity contribution is 6.05. The molecule has 0 aliphatic carbocycles. The summed E-state index contributed by atoms with van der Waals surface area (Å²) in [6, 6.07) is 25.8. The van der Waals surface area contributed by atoms with Crippen LogP contribution in [0.25, 0.3) is 5.69 Å². The topological polar surface area (TPSA) is 72.4 Å². The summed E-state index contributed by atoms with van der Waals surface area (Å²) < 4.78 is 7.26. The molecule has 160 valence electrons. The second kappa shape index (κ2) is 9.66. The van der Waals surface area contributed by atoms with Crippen molar-refractivity contribution in [1.29, 1.82) is 0 Å². The molecule has 0 aliphatic heterocycles. The number of carbonyl (C=O) groups excluding carboxylic acids is 2. The van der Waals surface area contributed by atoms with Crippen LogP contribution < -0.4 is 15.4 Å². The fraction of sp³-hybridized carbons (Fsp3) is 0.0769. The Morgan fingerprint density at radius 3 is 2.19 bits per heavy atom. The molecule has 3 aromatic carbocycles. The standard InChI is InChI=1S/C26H23N3O3/c1-32-24-7-3-2-6-23(24)28-26(31)20-10-12-21(13-11-20)27-25(30)18-19-8-14-22(15-9-19)29-16-4-5-17-29/h2-17H,18H2,1H3,(H,27,30)(H,28,31). The number of hydrogen-bond donors (Lipinski definition) is 2. The van der Waals surface area contributed by atoms with Crippen molar-refractivity contribution < 1.29 is 14.3 Å². The highest BCUT2D eigenvalue weighted by atomic mass is 16.5. The molecule has 0 spiro atoms. The number of para-hydroxylation sites is 2. The number of methoxy groups -OCH3 is 1. The van der Waals surface area contributed by atoms with Gasteiger partial charge in [-0.25, -0.2) is 0 Å². The van der Waals surface area contributed by atoms with Crippen molar-refractivity contribution in [2.45, 2.75) is 6.42 Å². The lowest BCUT2D eigenvalue weighted by molar-refractivity contribution is -0.115. The Kier molecular flexibility index (Phi) is 6.32. The van der Waals surface area contributed by atoms with Crippen LogP contribution in [0.5, 0.6) is 5.75 Å². The van der Waals surface area contributed by atoms with Crippen molar-refractivity contribution >= 4 is 23.2 Å². The SMILES string of the molecule is COc1ccccc1NC(=O)c1ccc(NC(=O)Cc2ccc(-n3cccc3)cc2)cc1. The molecule has 1 heterocycles. The average Bonchev–Trinajstić information content (AvgIpc) is 3.35. The summed E-state index contributed by atoms with van der Waals surface area (Å²) in [5, 5.41) is 5.70. The molecule has 1 aromatic heterocycles. The number of aromatic nitrogens is 1. The Morgan fingerprint density at radius 2 is 1.50 bits per heavy atom. The fourth-order valence-corrected chi connectivity index (χ4v) is 3.33. The summed E-state index contributed by atoms with van der Waals surface area (Å²) in [6.07, 6.45) is 4.21. The lowest BCUT2D eigenvalue weighted by Gasteiger charge is -2.10. The van der Waals surface area contributed by atoms with Gasteiger partial charge >= 0.3 is 0 Å². The number of anilines is 2. The number of rotatable bonds is 7. The van der Waals surface area contributed by atoms with Crippen LogP contribution in [-0.2, 0) is 11.2 Å². The quantitative estimate of drug-likeness (QED) is 0.441. The van der Waals surface area contributed by atoms with Crippen LogP contribution in [0.4, 0.5) is 11.4 Å². The van der Waals surface area contributed by atoms with Gasteiger partial charge in [0.1, 0.15) is 5.75 Å². The van der Waals surface area contributed by atoms with Crippen LogP contribution in [0.3, 0.4) is 0 Å². The van der Waals surface area contributed by atoms with E-state index < -0.39 is 0 Å². The predicted octanol–water partition coefficient (Wildman–Crippen LogP) is 4.92. The number of carbonyl (C=O) groups is 2. The summed E-state index contributed by atoms with van der Waals surface area (Å²) in [5.74, 6) is 0.214. The minimum absolute atomic E-state index is 0.120. The van der Waals surface area contributed by atoms with E-state index in [0.29, 0.717) is 22.7 Å². The molecule has 0 unspecified atom stereocenters. The zero-order valence-corrected chi connectivity index (χ0v) is 17.6. The maximum Gasteiger partial charge on any atom is 0.255 e. The van der Waals surface area contributed by atoms with E-state index in [-0.39, 0.29) is 18.2 Å². The Bertz CT molecular complexity index is 1200. The largest absolute Gasteiger partial charge is 0.495 e. The van der Waals surface area contributed by atoms with E-state index >= 15 is 0 Å². The first-order valence-corrected chi connectivity index (χ1v) is 10.2. The molecule has 0 aliphatic rings. The van der Waals surface area contributed by atoms with Crippen molar-refractivity contribution in [2.75, 3.05) is 17.7 Å². The van der Waals surface area contributed by atoms with Gasteiger partial charge in [-0.15, -0.1) is 0 Å². The first-order valence-electron chi connectivity index (χ1n) is 10.2. The predicted molar refractivity (Wildman–Crippen MR) is 125 cm³/mol. The van der Waals surface area contributed by atoms with Gasteiger partial charge in [0.15, 0.2) is 0 Å². The Hall–Kier alpha value is -4.32. The first kappa shape index (κ1) is 20.9. The number of hydrogen-bond acceptors (Lipinski definition) is 3. The van der Waals surface area contributed by atoms with E-state index in [2.05, 4.69) is 10.6 Å². The molecule has 0 bridgehead atoms. The molecule has 2 N–H and O–H groups in total. The molecule has 32 heavy (non-hydrogen) atoms. The van der Waals surface area contributed by atoms with Crippen molar-refractivity contribution in [2.24, 2.45) is 0 Å². The molecular weight excluding hydrogens is 402 g/mol. The fourth-order valence-electron chi connectivity index (χ4n) is 3.33. The molecule has 0 radical (unpaired) electrons. The molecule has 4 rings (SSSR count). The molecule has 4 aromatic rings. The number of nitrogens with zero attached hydrogens (tertiary/aromatic N) is 1. The van der Waals surface area contributed by atoms with Gasteiger partial charge < -0.3 is 19.9 Å². The Morgan fingerprint density at radius 1 is 0.812 bits per heavy atom. The van der Waals surface area contributed by atoms with Crippen molar-refractivity contribution in [3.63, 3.8) is 0 Å². The molecule has 0 atom stereocenters. The number of ether oxygens (including phenoxy) is 1. The van der Waals surface area contributed by atoms with Gasteiger partial charge in [-0.05, 0) is 66.2 Å². The van der Waals surface area contributed by atoms with Crippen LogP contribution in [0.15, 0.2) is 97.3 Å². The summed E-state index contributed by atoms with van der Waals surface area (Å²) in [4.78, 5) is 24.9. The van der Waals surface area contributed by atoms with E-state index in [1.807, 2.05) is 65.5 Å². The van der Waals surface area contributed by atoms with Gasteiger partial charge in [0.2, 0.25) is 5.91 Å². The molecule has 0 fully saturated rings. The third-order valence-electron chi connectivity index (χ3n) is 4.99. The molecule has 0 saturated carbocycles. The Balaban J connectivity index is 1.34. The lowest BCUT2D eigenvalue weighted by atomic mass is 10.1. The maximum absolute atomic E-state index is 12.5. The molecule has 6 nitrogen and oxygen atoms in total. The van der Waals surface area contributed by atoms with Crippen LogP contribution in [0.1, 0.15) is 15.9 Å². The minimum Gasteiger partial charge on any atom is -0.495 e. The second-order valence-electron chi connectivity index (χ2n) is 7.21. The van der Waals surface area contributed by atoms with E-state index in [1.54, 1.807) is 43.5 Å². The summed E-state index contributed by atoms with van der Waals surface area (Å²) in [6.45, 7) is 0. The van der Waals surface area contributed by atoms with Crippen LogP contribution in [-0.4, -0.2) is 23.5 Å². The monoisotopic (exact) mass is 425 g/mol. The second-order valence-corrected chi connectivity index (χ2v) is 7.21. The van der Waals surface area contributed by atoms with E-state index in [9.17, 15) is 9.59 Å². The molecular formula is C26H23N3O3. The maximum atomic E-state index is 12.5. The van der Waals surface area contributed by atoms with Gasteiger partial charge in [0.05, 0.1) is 19.2 Å². The third-order valence-corrected chi connectivity index (χ3v) is 4.99. The Labute approximate surface area is 186 Å². The van der Waals surface area contributed by atoms with Gasteiger partial charge in [-0.3, -0.25) is 9.59 Å². The van der Waals surface area contributed by atoms with Crippen LogP contribution in [0, 0.1) is 0 Å².